The van der Waals surface area contributed by atoms with Crippen LogP contribution in [0.4, 0.5) is 16.5 Å². The fourth-order valence-corrected chi connectivity index (χ4v) is 3.66. The molecule has 0 unspecified atom stereocenters. The Labute approximate surface area is 173 Å². The summed E-state index contributed by atoms with van der Waals surface area (Å²) in [5.41, 5.74) is 3.33. The Balaban J connectivity index is 1.87. The fraction of sp³-hybridized carbons (Fsp3) is 0.238. The van der Waals surface area contributed by atoms with E-state index in [1.807, 2.05) is 51.1 Å². The van der Waals surface area contributed by atoms with Gasteiger partial charge in [-0.05, 0) is 37.3 Å². The van der Waals surface area contributed by atoms with E-state index in [4.69, 9.17) is 21.3 Å². The molecule has 0 saturated carbocycles. The first-order valence-electron chi connectivity index (χ1n) is 8.86. The third-order valence-corrected chi connectivity index (χ3v) is 5.25. The Morgan fingerprint density at radius 2 is 2.00 bits per heavy atom. The van der Waals surface area contributed by atoms with Gasteiger partial charge in [-0.15, -0.1) is 11.3 Å². The van der Waals surface area contributed by atoms with E-state index in [1.54, 1.807) is 30.6 Å². The number of amides is 1. The molecule has 28 heavy (non-hydrogen) atoms. The van der Waals surface area contributed by atoms with E-state index in [2.05, 4.69) is 10.6 Å². The van der Waals surface area contributed by atoms with Crippen LogP contribution in [0, 0.1) is 12.8 Å². The van der Waals surface area contributed by atoms with Crippen molar-refractivity contribution in [1.82, 2.24) is 4.98 Å². The van der Waals surface area contributed by atoms with Crippen LogP contribution < -0.4 is 15.4 Å². The van der Waals surface area contributed by atoms with E-state index < -0.39 is 0 Å². The smallest absolute Gasteiger partial charge is 0.226 e. The predicted octanol–water partition coefficient (Wildman–Crippen LogP) is 6.12. The van der Waals surface area contributed by atoms with Gasteiger partial charge in [-0.3, -0.25) is 4.79 Å². The first-order valence-corrected chi connectivity index (χ1v) is 10.1. The molecule has 0 spiro atoms. The highest BCUT2D eigenvalue weighted by atomic mass is 35.5. The lowest BCUT2D eigenvalue weighted by molar-refractivity contribution is -0.118. The minimum absolute atomic E-state index is 0.0115. The molecule has 0 bridgehead atoms. The monoisotopic (exact) mass is 415 g/mol. The van der Waals surface area contributed by atoms with E-state index in [1.165, 1.54) is 0 Å². The maximum Gasteiger partial charge on any atom is 0.226 e. The number of benzene rings is 2. The molecule has 0 aliphatic rings. The maximum atomic E-state index is 12.0. The van der Waals surface area contributed by atoms with Gasteiger partial charge < -0.3 is 15.4 Å². The standard InChI is InChI=1S/C21H22ClN3O2S/c1-12(2)20(26)23-16-7-5-6-14(10-16)19-13(3)28-21(25-19)24-17-11-15(22)8-9-18(17)27-4/h5-12H,1-4H3,(H,23,26)(H,24,25). The molecule has 0 fully saturated rings. The van der Waals surface area contributed by atoms with Crippen LogP contribution in [0.5, 0.6) is 5.75 Å². The first-order chi connectivity index (χ1) is 13.4. The highest BCUT2D eigenvalue weighted by Crippen LogP contribution is 2.36. The van der Waals surface area contributed by atoms with Gasteiger partial charge >= 0.3 is 0 Å². The number of anilines is 3. The lowest BCUT2D eigenvalue weighted by Crippen LogP contribution is -2.17. The van der Waals surface area contributed by atoms with Crippen molar-refractivity contribution < 1.29 is 9.53 Å². The number of methoxy groups -OCH3 is 1. The van der Waals surface area contributed by atoms with Crippen molar-refractivity contribution in [3.8, 4) is 17.0 Å². The van der Waals surface area contributed by atoms with Crippen molar-refractivity contribution in [3.05, 3.63) is 52.4 Å². The number of halogens is 1. The molecule has 3 aromatic rings. The lowest BCUT2D eigenvalue weighted by Gasteiger charge is -2.09. The van der Waals surface area contributed by atoms with Gasteiger partial charge in [0.1, 0.15) is 5.75 Å². The molecule has 0 radical (unpaired) electrons. The summed E-state index contributed by atoms with van der Waals surface area (Å²) in [7, 11) is 1.61. The molecular formula is C21H22ClN3O2S. The van der Waals surface area contributed by atoms with Crippen LogP contribution >= 0.6 is 22.9 Å². The van der Waals surface area contributed by atoms with Crippen LogP contribution in [0.25, 0.3) is 11.3 Å². The third kappa shape index (κ3) is 4.64. The molecule has 2 N–H and O–H groups in total. The molecule has 146 valence electrons. The zero-order chi connectivity index (χ0) is 20.3. The molecule has 0 saturated heterocycles. The summed E-state index contributed by atoms with van der Waals surface area (Å²) in [6.45, 7) is 5.75. The molecule has 0 aliphatic heterocycles. The van der Waals surface area contributed by atoms with Gasteiger partial charge in [0.2, 0.25) is 5.91 Å². The number of nitrogens with zero attached hydrogens (tertiary/aromatic N) is 1. The number of hydrogen-bond donors (Lipinski definition) is 2. The third-order valence-electron chi connectivity index (χ3n) is 4.13. The van der Waals surface area contributed by atoms with Crippen molar-refractivity contribution in [1.29, 1.82) is 0 Å². The zero-order valence-corrected chi connectivity index (χ0v) is 17.7. The van der Waals surface area contributed by atoms with Gasteiger partial charge in [-0.1, -0.05) is 37.6 Å². The second-order valence-electron chi connectivity index (χ2n) is 6.62. The number of aryl methyl sites for hydroxylation is 1. The van der Waals surface area contributed by atoms with E-state index in [9.17, 15) is 4.79 Å². The van der Waals surface area contributed by atoms with Gasteiger partial charge in [-0.25, -0.2) is 4.98 Å². The van der Waals surface area contributed by atoms with Crippen molar-refractivity contribution in [2.45, 2.75) is 20.8 Å². The Morgan fingerprint density at radius 1 is 1.21 bits per heavy atom. The average Bonchev–Trinajstić information content (AvgIpc) is 3.02. The van der Waals surface area contributed by atoms with Gasteiger partial charge in [0.05, 0.1) is 18.5 Å². The Bertz CT molecular complexity index is 1000. The highest BCUT2D eigenvalue weighted by molar-refractivity contribution is 7.16. The number of thiazole rings is 1. The minimum atomic E-state index is -0.0758. The Morgan fingerprint density at radius 3 is 2.71 bits per heavy atom. The summed E-state index contributed by atoms with van der Waals surface area (Å²) in [6, 6.07) is 13.1. The van der Waals surface area contributed by atoms with Crippen molar-refractivity contribution >= 4 is 45.4 Å². The van der Waals surface area contributed by atoms with Crippen LogP contribution in [-0.4, -0.2) is 18.0 Å². The highest BCUT2D eigenvalue weighted by Gasteiger charge is 2.14. The molecule has 1 heterocycles. The summed E-state index contributed by atoms with van der Waals surface area (Å²) >= 11 is 7.65. The normalized spacial score (nSPS) is 10.8. The van der Waals surface area contributed by atoms with Gasteiger partial charge in [0.25, 0.3) is 0 Å². The summed E-state index contributed by atoms with van der Waals surface area (Å²) in [4.78, 5) is 17.8. The molecule has 7 heteroatoms. The number of rotatable bonds is 6. The molecule has 0 atom stereocenters. The van der Waals surface area contributed by atoms with Crippen molar-refractivity contribution in [3.63, 3.8) is 0 Å². The van der Waals surface area contributed by atoms with Gasteiger partial charge in [0.15, 0.2) is 5.13 Å². The van der Waals surface area contributed by atoms with Crippen LogP contribution in [0.15, 0.2) is 42.5 Å². The summed E-state index contributed by atoms with van der Waals surface area (Å²) in [5, 5.41) is 7.57. The number of nitrogens with one attached hydrogen (secondary N) is 2. The summed E-state index contributed by atoms with van der Waals surface area (Å²) in [5.74, 6) is 0.605. The van der Waals surface area contributed by atoms with Gasteiger partial charge in [0, 0.05) is 27.1 Å². The number of carbonyl (C=O) groups excluding carboxylic acids is 1. The molecule has 3 rings (SSSR count). The Hall–Kier alpha value is -2.57. The zero-order valence-electron chi connectivity index (χ0n) is 16.2. The molecule has 5 nitrogen and oxygen atoms in total. The lowest BCUT2D eigenvalue weighted by atomic mass is 10.1. The van der Waals surface area contributed by atoms with Crippen LogP contribution in [0.1, 0.15) is 18.7 Å². The molecule has 1 amide bonds. The van der Waals surface area contributed by atoms with Gasteiger partial charge in [-0.2, -0.15) is 0 Å². The molecule has 1 aromatic heterocycles. The van der Waals surface area contributed by atoms with E-state index in [0.717, 1.165) is 32.6 Å². The van der Waals surface area contributed by atoms with Crippen LogP contribution in [0.3, 0.4) is 0 Å². The first kappa shape index (κ1) is 20.2. The van der Waals surface area contributed by atoms with Crippen molar-refractivity contribution in [2.24, 2.45) is 5.92 Å². The predicted molar refractivity (Wildman–Crippen MR) is 117 cm³/mol. The largest absolute Gasteiger partial charge is 0.495 e. The second-order valence-corrected chi connectivity index (χ2v) is 8.26. The van der Waals surface area contributed by atoms with Crippen LogP contribution in [0.2, 0.25) is 5.02 Å². The van der Waals surface area contributed by atoms with E-state index in [-0.39, 0.29) is 11.8 Å². The number of carbonyl (C=O) groups is 1. The Kier molecular flexibility index (Phi) is 6.21. The van der Waals surface area contributed by atoms with Crippen molar-refractivity contribution in [2.75, 3.05) is 17.7 Å². The topological polar surface area (TPSA) is 63.2 Å². The summed E-state index contributed by atoms with van der Waals surface area (Å²) in [6.07, 6.45) is 0. The van der Waals surface area contributed by atoms with E-state index >= 15 is 0 Å². The summed E-state index contributed by atoms with van der Waals surface area (Å²) < 4.78 is 5.38. The second kappa shape index (κ2) is 8.63. The van der Waals surface area contributed by atoms with E-state index in [0.29, 0.717) is 10.8 Å². The average molecular weight is 416 g/mol. The quantitative estimate of drug-likeness (QED) is 0.509. The fourth-order valence-electron chi connectivity index (χ4n) is 2.64. The number of hydrogen-bond acceptors (Lipinski definition) is 5. The maximum absolute atomic E-state index is 12.0. The SMILES string of the molecule is COc1ccc(Cl)cc1Nc1nc(-c2cccc(NC(=O)C(C)C)c2)c(C)s1. The minimum Gasteiger partial charge on any atom is -0.495 e. The number of aromatic nitrogens is 1. The number of ether oxygens (including phenoxy) is 1. The molecular weight excluding hydrogens is 394 g/mol. The molecule has 2 aromatic carbocycles. The molecule has 0 aliphatic carbocycles. The van der Waals surface area contributed by atoms with Crippen LogP contribution in [-0.2, 0) is 4.79 Å².